The van der Waals surface area contributed by atoms with Gasteiger partial charge in [-0.05, 0) is 48.6 Å². The maximum Gasteiger partial charge on any atom is 0.266 e. The van der Waals surface area contributed by atoms with E-state index in [1.807, 2.05) is 18.2 Å². The smallest absolute Gasteiger partial charge is 0.266 e. The summed E-state index contributed by atoms with van der Waals surface area (Å²) >= 11 is 5.35. The molecule has 0 bridgehead atoms. The van der Waals surface area contributed by atoms with Crippen molar-refractivity contribution in [2.45, 2.75) is 0 Å². The second-order valence-corrected chi connectivity index (χ2v) is 6.45. The molecule has 1 amide bonds. The molecular weight excluding hydrogens is 350 g/mol. The van der Waals surface area contributed by atoms with Crippen molar-refractivity contribution in [2.75, 3.05) is 26.3 Å². The van der Waals surface area contributed by atoms with Crippen molar-refractivity contribution in [3.63, 3.8) is 0 Å². The maximum atomic E-state index is 12.8. The van der Waals surface area contributed by atoms with Gasteiger partial charge in [-0.25, -0.2) is 0 Å². The van der Waals surface area contributed by atoms with Crippen molar-refractivity contribution in [3.8, 4) is 5.69 Å². The van der Waals surface area contributed by atoms with E-state index in [-0.39, 0.29) is 11.5 Å². The molecule has 0 aliphatic carbocycles. The highest BCUT2D eigenvalue weighted by molar-refractivity contribution is 7.71. The van der Waals surface area contributed by atoms with Crippen LogP contribution in [0.5, 0.6) is 0 Å². The molecule has 132 valence electrons. The minimum atomic E-state index is -0.184. The second-order valence-electron chi connectivity index (χ2n) is 6.07. The van der Waals surface area contributed by atoms with E-state index >= 15 is 0 Å². The fourth-order valence-electron chi connectivity index (χ4n) is 3.10. The van der Waals surface area contributed by atoms with Crippen LogP contribution in [0.25, 0.3) is 16.6 Å². The number of nitrogens with one attached hydrogen (secondary N) is 1. The van der Waals surface area contributed by atoms with Crippen molar-refractivity contribution in [3.05, 3.63) is 69.2 Å². The van der Waals surface area contributed by atoms with E-state index in [0.717, 1.165) is 0 Å². The first kappa shape index (κ1) is 16.7. The van der Waals surface area contributed by atoms with Crippen molar-refractivity contribution in [2.24, 2.45) is 0 Å². The Morgan fingerprint density at radius 2 is 1.73 bits per heavy atom. The van der Waals surface area contributed by atoms with Gasteiger partial charge in [0.25, 0.3) is 11.5 Å². The van der Waals surface area contributed by atoms with Crippen LogP contribution in [0.1, 0.15) is 10.4 Å². The van der Waals surface area contributed by atoms with Gasteiger partial charge >= 0.3 is 0 Å². The lowest BCUT2D eigenvalue weighted by Crippen LogP contribution is -2.40. The first-order chi connectivity index (χ1) is 12.6. The van der Waals surface area contributed by atoms with Gasteiger partial charge in [0.1, 0.15) is 0 Å². The number of morpholine rings is 1. The minimum absolute atomic E-state index is 0.0316. The van der Waals surface area contributed by atoms with Crippen molar-refractivity contribution < 1.29 is 9.53 Å². The Bertz CT molecular complexity index is 1080. The van der Waals surface area contributed by atoms with E-state index in [9.17, 15) is 9.59 Å². The van der Waals surface area contributed by atoms with Gasteiger partial charge in [-0.3, -0.25) is 14.2 Å². The van der Waals surface area contributed by atoms with Gasteiger partial charge in [0, 0.05) is 18.7 Å². The van der Waals surface area contributed by atoms with E-state index < -0.39 is 0 Å². The van der Waals surface area contributed by atoms with E-state index in [1.54, 1.807) is 35.2 Å². The number of ether oxygens (including phenoxy) is 1. The molecule has 0 saturated carbocycles. The molecule has 0 unspecified atom stereocenters. The average molecular weight is 367 g/mol. The molecule has 0 atom stereocenters. The fourth-order valence-corrected chi connectivity index (χ4v) is 3.40. The maximum absolute atomic E-state index is 12.8. The largest absolute Gasteiger partial charge is 0.378 e. The predicted molar refractivity (Wildman–Crippen MR) is 101 cm³/mol. The topological polar surface area (TPSA) is 67.3 Å². The number of aromatic nitrogens is 2. The molecule has 2 aromatic carbocycles. The van der Waals surface area contributed by atoms with Crippen molar-refractivity contribution >= 4 is 29.0 Å². The molecule has 1 saturated heterocycles. The number of hydrogen-bond donors (Lipinski definition) is 1. The Labute approximate surface area is 154 Å². The van der Waals surface area contributed by atoms with Crippen LogP contribution in [0.2, 0.25) is 0 Å². The van der Waals surface area contributed by atoms with Crippen LogP contribution >= 0.6 is 12.2 Å². The van der Waals surface area contributed by atoms with Crippen LogP contribution in [0.3, 0.4) is 0 Å². The number of H-pyrrole nitrogens is 1. The summed E-state index contributed by atoms with van der Waals surface area (Å²) in [6.07, 6.45) is 0. The zero-order valence-corrected chi connectivity index (χ0v) is 14.8. The summed E-state index contributed by atoms with van der Waals surface area (Å²) in [4.78, 5) is 30.2. The van der Waals surface area contributed by atoms with Crippen LogP contribution in [-0.4, -0.2) is 46.7 Å². The highest BCUT2D eigenvalue weighted by Gasteiger charge is 2.18. The Balaban J connectivity index is 1.71. The number of benzene rings is 2. The molecule has 1 N–H and O–H groups in total. The molecule has 3 aromatic rings. The number of carbonyl (C=O) groups is 1. The number of nitrogens with zero attached hydrogens (tertiary/aromatic N) is 2. The van der Waals surface area contributed by atoms with Crippen LogP contribution < -0.4 is 5.56 Å². The number of rotatable bonds is 2. The molecule has 0 radical (unpaired) electrons. The van der Waals surface area contributed by atoms with Gasteiger partial charge in [-0.2, -0.15) is 0 Å². The molecule has 1 aliphatic heterocycles. The van der Waals surface area contributed by atoms with Gasteiger partial charge in [-0.1, -0.05) is 12.1 Å². The van der Waals surface area contributed by atoms with Crippen LogP contribution in [-0.2, 0) is 4.74 Å². The summed E-state index contributed by atoms with van der Waals surface area (Å²) in [6.45, 7) is 2.31. The van der Waals surface area contributed by atoms with E-state index in [4.69, 9.17) is 17.0 Å². The molecule has 0 spiro atoms. The Morgan fingerprint density at radius 1 is 1.04 bits per heavy atom. The third-order valence-electron chi connectivity index (χ3n) is 4.48. The summed E-state index contributed by atoms with van der Waals surface area (Å²) in [5.41, 5.74) is 1.73. The van der Waals surface area contributed by atoms with Gasteiger partial charge in [0.2, 0.25) is 0 Å². The third kappa shape index (κ3) is 2.95. The number of hydrogen-bond acceptors (Lipinski definition) is 4. The molecule has 7 heteroatoms. The van der Waals surface area contributed by atoms with Crippen molar-refractivity contribution in [1.82, 2.24) is 14.5 Å². The number of carbonyl (C=O) groups excluding carboxylic acids is 1. The van der Waals surface area contributed by atoms with E-state index in [1.165, 1.54) is 4.57 Å². The SMILES string of the molecule is O=C(c1ccc(-n2c(=S)[nH]c3ccccc3c2=O)cc1)N1CCOCC1. The summed E-state index contributed by atoms with van der Waals surface area (Å²) in [5.74, 6) is -0.0316. The Morgan fingerprint density at radius 3 is 2.46 bits per heavy atom. The minimum Gasteiger partial charge on any atom is -0.378 e. The summed E-state index contributed by atoms with van der Waals surface area (Å²) < 4.78 is 7.04. The number of aromatic amines is 1. The Hall–Kier alpha value is -2.77. The predicted octanol–water partition coefficient (Wildman–Crippen LogP) is 2.52. The zero-order chi connectivity index (χ0) is 18.1. The van der Waals surface area contributed by atoms with Crippen molar-refractivity contribution in [1.29, 1.82) is 0 Å². The molecule has 1 aliphatic rings. The number of amides is 1. The van der Waals surface area contributed by atoms with Crippen LogP contribution in [0.15, 0.2) is 53.3 Å². The monoisotopic (exact) mass is 367 g/mol. The molecule has 2 heterocycles. The Kier molecular flexibility index (Phi) is 4.40. The fraction of sp³-hybridized carbons (Fsp3) is 0.211. The normalized spacial score (nSPS) is 14.5. The van der Waals surface area contributed by atoms with E-state index in [0.29, 0.717) is 53.2 Å². The summed E-state index contributed by atoms with van der Waals surface area (Å²) in [5, 5.41) is 0.564. The van der Waals surface area contributed by atoms with E-state index in [2.05, 4.69) is 4.98 Å². The molecule has 6 nitrogen and oxygen atoms in total. The number of fused-ring (bicyclic) bond motifs is 1. The first-order valence-corrected chi connectivity index (χ1v) is 8.77. The molecule has 4 rings (SSSR count). The average Bonchev–Trinajstić information content (AvgIpc) is 2.69. The van der Waals surface area contributed by atoms with Crippen LogP contribution in [0.4, 0.5) is 0 Å². The third-order valence-corrected chi connectivity index (χ3v) is 4.76. The molecular formula is C19H17N3O3S. The van der Waals surface area contributed by atoms with Gasteiger partial charge in [0.05, 0.1) is 29.8 Å². The molecule has 1 fully saturated rings. The molecule has 26 heavy (non-hydrogen) atoms. The quantitative estimate of drug-likeness (QED) is 0.707. The van der Waals surface area contributed by atoms with Gasteiger partial charge in [-0.15, -0.1) is 0 Å². The lowest BCUT2D eigenvalue weighted by atomic mass is 10.1. The summed E-state index contributed by atoms with van der Waals surface area (Å²) in [7, 11) is 0. The first-order valence-electron chi connectivity index (χ1n) is 8.37. The highest BCUT2D eigenvalue weighted by atomic mass is 32.1. The van der Waals surface area contributed by atoms with Crippen LogP contribution in [0, 0.1) is 4.77 Å². The lowest BCUT2D eigenvalue weighted by Gasteiger charge is -2.26. The van der Waals surface area contributed by atoms with Gasteiger partial charge < -0.3 is 14.6 Å². The highest BCUT2D eigenvalue weighted by Crippen LogP contribution is 2.14. The number of para-hydroxylation sites is 1. The second kappa shape index (κ2) is 6.86. The summed E-state index contributed by atoms with van der Waals surface area (Å²) in [6, 6.07) is 14.2. The zero-order valence-electron chi connectivity index (χ0n) is 14.0. The lowest BCUT2D eigenvalue weighted by molar-refractivity contribution is 0.0303. The molecule has 1 aromatic heterocycles. The van der Waals surface area contributed by atoms with Gasteiger partial charge in [0.15, 0.2) is 4.77 Å². The standard InChI is InChI=1S/C19H17N3O3S/c23-17(21-9-11-25-12-10-21)13-5-7-14(8-6-13)22-18(24)15-3-1-2-4-16(15)20-19(22)26/h1-8H,9-12H2,(H,20,26).